The second kappa shape index (κ2) is 5.86. The summed E-state index contributed by atoms with van der Waals surface area (Å²) in [6.07, 6.45) is 3.77. The van der Waals surface area contributed by atoms with E-state index in [9.17, 15) is 0 Å². The van der Waals surface area contributed by atoms with Crippen LogP contribution in [0.15, 0.2) is 30.6 Å². The number of benzene rings is 1. The summed E-state index contributed by atoms with van der Waals surface area (Å²) in [7, 11) is 0. The molecule has 2 aromatic heterocycles. The van der Waals surface area contributed by atoms with Crippen molar-refractivity contribution in [1.82, 2.24) is 40.4 Å². The molecular weight excluding hydrogens is 330 g/mol. The van der Waals surface area contributed by atoms with Crippen molar-refractivity contribution in [1.29, 1.82) is 0 Å². The lowest BCUT2D eigenvalue weighted by Crippen LogP contribution is -2.29. The first-order valence-corrected chi connectivity index (χ1v) is 9.04. The topological polar surface area (TPSA) is 90.4 Å². The summed E-state index contributed by atoms with van der Waals surface area (Å²) in [5.41, 5.74) is 3.05. The van der Waals surface area contributed by atoms with Crippen molar-refractivity contribution in [3.8, 4) is 0 Å². The Morgan fingerprint density at radius 2 is 2.00 bits per heavy atom. The third-order valence-corrected chi connectivity index (χ3v) is 5.72. The molecule has 0 bridgehead atoms. The Kier molecular flexibility index (Phi) is 3.47. The van der Waals surface area contributed by atoms with Gasteiger partial charge in [0.2, 0.25) is 5.95 Å². The first kappa shape index (κ1) is 15.4. The maximum atomic E-state index is 4.29. The van der Waals surface area contributed by atoms with Crippen LogP contribution in [0.5, 0.6) is 0 Å². The Hall–Kier alpha value is -2.84. The van der Waals surface area contributed by atoms with Gasteiger partial charge in [-0.05, 0) is 52.1 Å². The Labute approximate surface area is 151 Å². The third kappa shape index (κ3) is 2.54. The highest BCUT2D eigenvalue weighted by atomic mass is 15.6. The normalized spacial score (nSPS) is 24.0. The van der Waals surface area contributed by atoms with E-state index < -0.39 is 0 Å². The van der Waals surface area contributed by atoms with E-state index in [1.54, 1.807) is 11.0 Å². The SMILES string of the molecule is Cc1ccc([C@]23C[C@H]2CN(c2nnnn2CCCn2cnnn2)C3)cc1. The fraction of sp³-hybridized carbons (Fsp3) is 0.529. The van der Waals surface area contributed by atoms with Gasteiger partial charge in [0.1, 0.15) is 6.33 Å². The first-order valence-electron chi connectivity index (χ1n) is 9.04. The largest absolute Gasteiger partial charge is 0.338 e. The summed E-state index contributed by atoms with van der Waals surface area (Å²) in [6, 6.07) is 9.00. The molecule has 0 amide bonds. The van der Waals surface area contributed by atoms with Crippen molar-refractivity contribution in [3.63, 3.8) is 0 Å². The molecule has 2 fully saturated rings. The zero-order valence-electron chi connectivity index (χ0n) is 14.7. The third-order valence-electron chi connectivity index (χ3n) is 5.72. The van der Waals surface area contributed by atoms with Crippen LogP contribution in [0.3, 0.4) is 0 Å². The molecule has 1 saturated carbocycles. The van der Waals surface area contributed by atoms with Gasteiger partial charge in [-0.2, -0.15) is 0 Å². The van der Waals surface area contributed by atoms with Crippen LogP contribution in [-0.4, -0.2) is 53.5 Å². The van der Waals surface area contributed by atoms with E-state index in [1.807, 2.05) is 4.68 Å². The Bertz CT molecular complexity index is 885. The molecule has 3 heterocycles. The van der Waals surface area contributed by atoms with E-state index >= 15 is 0 Å². The molecule has 1 aliphatic carbocycles. The van der Waals surface area contributed by atoms with Crippen molar-refractivity contribution in [3.05, 3.63) is 41.7 Å². The number of aromatic nitrogens is 8. The molecule has 3 aromatic rings. The van der Waals surface area contributed by atoms with Gasteiger partial charge in [0.05, 0.1) is 0 Å². The summed E-state index contributed by atoms with van der Waals surface area (Å²) < 4.78 is 3.62. The van der Waals surface area contributed by atoms with Gasteiger partial charge < -0.3 is 4.90 Å². The van der Waals surface area contributed by atoms with Gasteiger partial charge in [-0.3, -0.25) is 0 Å². The predicted octanol–water partition coefficient (Wildman–Crippen LogP) is 0.836. The lowest BCUT2D eigenvalue weighted by molar-refractivity contribution is 0.482. The van der Waals surface area contributed by atoms with Crippen molar-refractivity contribution >= 4 is 5.95 Å². The zero-order valence-corrected chi connectivity index (χ0v) is 14.7. The van der Waals surface area contributed by atoms with Gasteiger partial charge in [0.15, 0.2) is 0 Å². The molecule has 1 aromatic carbocycles. The van der Waals surface area contributed by atoms with E-state index in [1.165, 1.54) is 17.5 Å². The fourth-order valence-corrected chi connectivity index (χ4v) is 4.20. The molecule has 134 valence electrons. The van der Waals surface area contributed by atoms with E-state index in [0.717, 1.165) is 38.5 Å². The molecule has 0 unspecified atom stereocenters. The summed E-state index contributed by atoms with van der Waals surface area (Å²) in [5.74, 6) is 1.58. The number of nitrogens with zero attached hydrogens (tertiary/aromatic N) is 9. The van der Waals surface area contributed by atoms with Crippen LogP contribution in [0.4, 0.5) is 5.95 Å². The lowest BCUT2D eigenvalue weighted by Gasteiger charge is -2.21. The number of hydrogen-bond acceptors (Lipinski definition) is 7. The molecule has 5 rings (SSSR count). The first-order chi connectivity index (χ1) is 12.7. The molecule has 2 atom stereocenters. The molecular formula is C17H21N9. The molecule has 1 aliphatic heterocycles. The van der Waals surface area contributed by atoms with E-state index in [0.29, 0.717) is 5.92 Å². The number of fused-ring (bicyclic) bond motifs is 1. The van der Waals surface area contributed by atoms with Gasteiger partial charge in [0, 0.05) is 31.6 Å². The maximum absolute atomic E-state index is 4.29. The average Bonchev–Trinajstić information content (AvgIpc) is 3.12. The van der Waals surface area contributed by atoms with Gasteiger partial charge in [-0.25, -0.2) is 9.36 Å². The standard InChI is InChI=1S/C17H21N9/c1-13-3-5-14(6-4-13)17-9-15(17)10-24(11-17)16-19-21-23-26(16)8-2-7-25-12-18-20-22-25/h3-6,12,15H,2,7-11H2,1H3/t15-,17+/m0/s1. The Balaban J connectivity index is 1.27. The van der Waals surface area contributed by atoms with Crippen LogP contribution in [-0.2, 0) is 18.5 Å². The Morgan fingerprint density at radius 3 is 2.81 bits per heavy atom. The van der Waals surface area contributed by atoms with Crippen LogP contribution in [0.1, 0.15) is 24.0 Å². The van der Waals surface area contributed by atoms with Crippen molar-refractivity contribution in [2.45, 2.75) is 38.3 Å². The quantitative estimate of drug-likeness (QED) is 0.650. The number of rotatable bonds is 6. The smallest absolute Gasteiger partial charge is 0.245 e. The van der Waals surface area contributed by atoms with Crippen LogP contribution >= 0.6 is 0 Å². The van der Waals surface area contributed by atoms with E-state index in [-0.39, 0.29) is 5.41 Å². The lowest BCUT2D eigenvalue weighted by atomic mass is 9.94. The minimum absolute atomic E-state index is 0.289. The number of aryl methyl sites for hydroxylation is 3. The minimum Gasteiger partial charge on any atom is -0.338 e. The van der Waals surface area contributed by atoms with Gasteiger partial charge in [0.25, 0.3) is 0 Å². The molecule has 0 N–H and O–H groups in total. The number of piperidine rings is 1. The number of hydrogen-bond donors (Lipinski definition) is 0. The number of tetrazole rings is 2. The second-order valence-electron chi connectivity index (χ2n) is 7.43. The van der Waals surface area contributed by atoms with Gasteiger partial charge in [-0.1, -0.05) is 34.9 Å². The maximum Gasteiger partial charge on any atom is 0.245 e. The van der Waals surface area contributed by atoms with Crippen LogP contribution in [0.2, 0.25) is 0 Å². The molecule has 9 nitrogen and oxygen atoms in total. The van der Waals surface area contributed by atoms with E-state index in [2.05, 4.69) is 67.1 Å². The predicted molar refractivity (Wildman–Crippen MR) is 93.4 cm³/mol. The summed E-state index contributed by atoms with van der Waals surface area (Å²) in [5, 5.41) is 23.6. The summed E-state index contributed by atoms with van der Waals surface area (Å²) in [4.78, 5) is 2.34. The van der Waals surface area contributed by atoms with Crippen LogP contribution < -0.4 is 4.90 Å². The van der Waals surface area contributed by atoms with Gasteiger partial charge >= 0.3 is 0 Å². The molecule has 26 heavy (non-hydrogen) atoms. The monoisotopic (exact) mass is 351 g/mol. The highest BCUT2D eigenvalue weighted by molar-refractivity contribution is 5.46. The molecule has 0 radical (unpaired) electrons. The van der Waals surface area contributed by atoms with Crippen molar-refractivity contribution < 1.29 is 0 Å². The zero-order chi connectivity index (χ0) is 17.6. The van der Waals surface area contributed by atoms with Crippen molar-refractivity contribution in [2.24, 2.45) is 5.92 Å². The van der Waals surface area contributed by atoms with Gasteiger partial charge in [-0.15, -0.1) is 5.10 Å². The Morgan fingerprint density at radius 1 is 1.12 bits per heavy atom. The molecule has 1 saturated heterocycles. The summed E-state index contributed by atoms with van der Waals surface area (Å²) >= 11 is 0. The molecule has 2 aliphatic rings. The molecule has 9 heteroatoms. The van der Waals surface area contributed by atoms with Crippen molar-refractivity contribution in [2.75, 3.05) is 18.0 Å². The highest BCUT2D eigenvalue weighted by Crippen LogP contribution is 2.59. The van der Waals surface area contributed by atoms with Crippen LogP contribution in [0, 0.1) is 12.8 Å². The minimum atomic E-state index is 0.289. The number of anilines is 1. The summed E-state index contributed by atoms with van der Waals surface area (Å²) in [6.45, 7) is 5.66. The van der Waals surface area contributed by atoms with Crippen LogP contribution in [0.25, 0.3) is 0 Å². The average molecular weight is 351 g/mol. The second-order valence-corrected chi connectivity index (χ2v) is 7.43. The fourth-order valence-electron chi connectivity index (χ4n) is 4.20. The molecule has 0 spiro atoms. The highest BCUT2D eigenvalue weighted by Gasteiger charge is 2.61. The van der Waals surface area contributed by atoms with E-state index in [4.69, 9.17) is 0 Å².